The van der Waals surface area contributed by atoms with Crippen LogP contribution in [0.1, 0.15) is 361 Å². The molecule has 0 saturated heterocycles. The van der Waals surface area contributed by atoms with Crippen molar-refractivity contribution in [3.05, 3.63) is 36.5 Å². The molecule has 2 atom stereocenters. The highest BCUT2D eigenvalue weighted by atomic mass is 16.5. The number of allylic oxidation sites excluding steroid dienone is 6. The van der Waals surface area contributed by atoms with Crippen molar-refractivity contribution in [3.63, 3.8) is 0 Å². The van der Waals surface area contributed by atoms with Crippen LogP contribution in [0.15, 0.2) is 36.5 Å². The van der Waals surface area contributed by atoms with E-state index in [1.807, 2.05) is 0 Å². The Morgan fingerprint density at radius 3 is 1.08 bits per heavy atom. The molecule has 2 unspecified atom stereocenters. The Morgan fingerprint density at radius 2 is 0.689 bits per heavy atom. The molecule has 0 aliphatic carbocycles. The largest absolute Gasteiger partial charge is 0.466 e. The quantitative estimate of drug-likeness (QED) is 0.0320. The maximum Gasteiger partial charge on any atom is 0.305 e. The smallest absolute Gasteiger partial charge is 0.305 e. The Balaban J connectivity index is 3.35. The van der Waals surface area contributed by atoms with Gasteiger partial charge >= 0.3 is 5.97 Å². The topological polar surface area (TPSA) is 95.9 Å². The molecule has 0 radical (unpaired) electrons. The van der Waals surface area contributed by atoms with Crippen LogP contribution in [0.4, 0.5) is 0 Å². The zero-order valence-electron chi connectivity index (χ0n) is 49.8. The summed E-state index contributed by atoms with van der Waals surface area (Å²) in [5.41, 5.74) is 0. The monoisotopic (exact) mass is 1040 g/mol. The van der Waals surface area contributed by atoms with Crippen molar-refractivity contribution < 1.29 is 24.5 Å². The number of aliphatic hydroxyl groups excluding tert-OH is 2. The Kier molecular flexibility index (Phi) is 62.0. The van der Waals surface area contributed by atoms with Crippen LogP contribution in [0.3, 0.4) is 0 Å². The second-order valence-corrected chi connectivity index (χ2v) is 22.8. The first-order valence-corrected chi connectivity index (χ1v) is 33.2. The number of hydrogen-bond acceptors (Lipinski definition) is 5. The van der Waals surface area contributed by atoms with Gasteiger partial charge < -0.3 is 20.3 Å². The molecule has 0 fully saturated rings. The molecule has 1 amide bonds. The second kappa shape index (κ2) is 63.6. The molecule has 436 valence electrons. The van der Waals surface area contributed by atoms with Crippen molar-refractivity contribution in [2.75, 3.05) is 13.2 Å². The number of esters is 1. The zero-order valence-corrected chi connectivity index (χ0v) is 49.8. The van der Waals surface area contributed by atoms with E-state index in [9.17, 15) is 19.8 Å². The molecule has 0 aliphatic heterocycles. The van der Waals surface area contributed by atoms with E-state index in [0.717, 1.165) is 51.4 Å². The van der Waals surface area contributed by atoms with Gasteiger partial charge in [-0.3, -0.25) is 9.59 Å². The number of ether oxygens (including phenoxy) is 1. The van der Waals surface area contributed by atoms with Gasteiger partial charge in [-0.15, -0.1) is 0 Å². The Morgan fingerprint density at radius 1 is 0.378 bits per heavy atom. The average molecular weight is 1040 g/mol. The van der Waals surface area contributed by atoms with Crippen molar-refractivity contribution in [1.82, 2.24) is 5.32 Å². The van der Waals surface area contributed by atoms with Gasteiger partial charge in [0.25, 0.3) is 0 Å². The molecule has 6 heteroatoms. The molecule has 3 N–H and O–H groups in total. The molecule has 74 heavy (non-hydrogen) atoms. The van der Waals surface area contributed by atoms with Crippen LogP contribution in [-0.4, -0.2) is 47.4 Å². The predicted octanol–water partition coefficient (Wildman–Crippen LogP) is 21.1. The fourth-order valence-electron chi connectivity index (χ4n) is 10.3. The van der Waals surface area contributed by atoms with E-state index >= 15 is 0 Å². The number of carbonyl (C=O) groups is 2. The second-order valence-electron chi connectivity index (χ2n) is 22.8. The molecule has 0 saturated carbocycles. The summed E-state index contributed by atoms with van der Waals surface area (Å²) in [6.45, 7) is 4.92. The third-order valence-corrected chi connectivity index (χ3v) is 15.4. The van der Waals surface area contributed by atoms with Crippen LogP contribution in [-0.2, 0) is 14.3 Å². The van der Waals surface area contributed by atoms with Gasteiger partial charge in [0.05, 0.1) is 25.4 Å². The summed E-state index contributed by atoms with van der Waals surface area (Å²) in [5.74, 6) is -0.0291. The van der Waals surface area contributed by atoms with Gasteiger partial charge in [-0.25, -0.2) is 0 Å². The number of amides is 1. The van der Waals surface area contributed by atoms with Crippen LogP contribution < -0.4 is 5.32 Å². The lowest BCUT2D eigenvalue weighted by atomic mass is 10.0. The summed E-state index contributed by atoms with van der Waals surface area (Å²) in [6, 6.07) is -0.539. The number of aliphatic hydroxyl groups is 2. The normalized spacial score (nSPS) is 12.8. The van der Waals surface area contributed by atoms with Crippen molar-refractivity contribution in [1.29, 1.82) is 0 Å². The predicted molar refractivity (Wildman–Crippen MR) is 324 cm³/mol. The van der Waals surface area contributed by atoms with Gasteiger partial charge in [-0.2, -0.15) is 0 Å². The van der Waals surface area contributed by atoms with Crippen LogP contribution in [0.25, 0.3) is 0 Å². The van der Waals surface area contributed by atoms with Crippen molar-refractivity contribution in [2.24, 2.45) is 0 Å². The maximum absolute atomic E-state index is 12.5. The molecular weight excluding hydrogens is 911 g/mol. The summed E-state index contributed by atoms with van der Waals surface area (Å²) in [6.07, 6.45) is 80.4. The minimum Gasteiger partial charge on any atom is -0.466 e. The van der Waals surface area contributed by atoms with E-state index in [0.29, 0.717) is 25.9 Å². The van der Waals surface area contributed by atoms with Crippen LogP contribution >= 0.6 is 0 Å². The first kappa shape index (κ1) is 72.1. The highest BCUT2D eigenvalue weighted by Crippen LogP contribution is 2.18. The Labute approximate surface area is 462 Å². The molecule has 0 aromatic rings. The molecule has 0 bridgehead atoms. The van der Waals surface area contributed by atoms with E-state index in [1.54, 1.807) is 0 Å². The lowest BCUT2D eigenvalue weighted by Gasteiger charge is -2.22. The van der Waals surface area contributed by atoms with Gasteiger partial charge in [-0.1, -0.05) is 307 Å². The minimum atomic E-state index is -0.662. The fourth-order valence-corrected chi connectivity index (χ4v) is 10.3. The molecule has 0 aliphatic rings. The summed E-state index contributed by atoms with van der Waals surface area (Å²) >= 11 is 0. The number of nitrogens with one attached hydrogen (secondary N) is 1. The van der Waals surface area contributed by atoms with E-state index in [1.165, 1.54) is 276 Å². The highest BCUT2D eigenvalue weighted by molar-refractivity contribution is 5.76. The molecule has 0 rings (SSSR count). The summed E-state index contributed by atoms with van der Waals surface area (Å²) in [5, 5.41) is 23.2. The third kappa shape index (κ3) is 59.3. The lowest BCUT2D eigenvalue weighted by Crippen LogP contribution is -2.45. The average Bonchev–Trinajstić information content (AvgIpc) is 3.40. The number of rotatable bonds is 62. The van der Waals surface area contributed by atoms with E-state index in [2.05, 4.69) is 55.6 Å². The summed E-state index contributed by atoms with van der Waals surface area (Å²) in [4.78, 5) is 24.5. The van der Waals surface area contributed by atoms with Gasteiger partial charge in [0.15, 0.2) is 0 Å². The third-order valence-electron chi connectivity index (χ3n) is 15.4. The van der Waals surface area contributed by atoms with E-state index in [-0.39, 0.29) is 18.5 Å². The number of unbranched alkanes of at least 4 members (excludes halogenated alkanes) is 45. The van der Waals surface area contributed by atoms with E-state index < -0.39 is 12.1 Å². The van der Waals surface area contributed by atoms with Crippen LogP contribution in [0.5, 0.6) is 0 Å². The lowest BCUT2D eigenvalue weighted by molar-refractivity contribution is -0.143. The van der Waals surface area contributed by atoms with Crippen LogP contribution in [0, 0.1) is 0 Å². The first-order chi connectivity index (χ1) is 36.5. The number of carbonyl (C=O) groups excluding carboxylic acids is 2. The standard InChI is InChI=1S/C68H129NO5/c1-3-5-7-9-11-13-15-17-38-42-46-50-54-58-62-68(73)74-63-59-55-51-47-43-39-36-34-32-30-28-26-24-22-20-18-19-21-23-25-27-29-31-33-35-37-41-45-49-53-57-61-67(72)69-65(64-70)66(71)60-56-52-48-44-40-16-14-12-10-8-6-4-2/h9,11,15,17,20,22,65-66,70-71H,3-8,10,12-14,16,18-19,21,23-64H2,1-2H3,(H,69,72)/b11-9-,17-15-,22-20-. The van der Waals surface area contributed by atoms with Crippen LogP contribution in [0.2, 0.25) is 0 Å². The van der Waals surface area contributed by atoms with Crippen molar-refractivity contribution in [2.45, 2.75) is 373 Å². The fraction of sp³-hybridized carbons (Fsp3) is 0.882. The summed E-state index contributed by atoms with van der Waals surface area (Å²) < 4.78 is 5.48. The minimum absolute atomic E-state index is 0.00305. The maximum atomic E-state index is 12.5. The Bertz CT molecular complexity index is 1200. The van der Waals surface area contributed by atoms with Gasteiger partial charge in [0.1, 0.15) is 0 Å². The molecular formula is C68H129NO5. The first-order valence-electron chi connectivity index (χ1n) is 33.2. The molecule has 0 heterocycles. The summed E-state index contributed by atoms with van der Waals surface area (Å²) in [7, 11) is 0. The number of hydrogen-bond donors (Lipinski definition) is 3. The zero-order chi connectivity index (χ0) is 53.6. The molecule has 0 spiro atoms. The van der Waals surface area contributed by atoms with Gasteiger partial charge in [0.2, 0.25) is 5.91 Å². The Hall–Kier alpha value is -1.92. The van der Waals surface area contributed by atoms with E-state index in [4.69, 9.17) is 4.74 Å². The van der Waals surface area contributed by atoms with Crippen molar-refractivity contribution in [3.8, 4) is 0 Å². The molecule has 6 nitrogen and oxygen atoms in total. The van der Waals surface area contributed by atoms with Crippen molar-refractivity contribution >= 4 is 11.9 Å². The van der Waals surface area contributed by atoms with Gasteiger partial charge in [0, 0.05) is 12.8 Å². The molecule has 0 aromatic carbocycles. The highest BCUT2D eigenvalue weighted by Gasteiger charge is 2.20. The SMILES string of the molecule is CCCC/C=C\C/C=C\CCCCCCCC(=O)OCCCCCCCCCCCCCC/C=C\CCCCCCCCCCCCCCCCCC(=O)NC(CO)C(O)CCCCCCCCCCCCCC. The molecule has 0 aromatic heterocycles. The van der Waals surface area contributed by atoms with Gasteiger partial charge in [-0.05, 0) is 77.0 Å².